The van der Waals surface area contributed by atoms with Crippen LogP contribution in [0.15, 0.2) is 18.2 Å². The van der Waals surface area contributed by atoms with Crippen LogP contribution in [0.25, 0.3) is 0 Å². The fourth-order valence-electron chi connectivity index (χ4n) is 2.62. The summed E-state index contributed by atoms with van der Waals surface area (Å²) in [5.41, 5.74) is 7.64. The summed E-state index contributed by atoms with van der Waals surface area (Å²) >= 11 is 5.99. The third kappa shape index (κ3) is 3.87. The van der Waals surface area contributed by atoms with Crippen LogP contribution in [-0.4, -0.2) is 29.9 Å². The van der Waals surface area contributed by atoms with Gasteiger partial charge in [0.05, 0.1) is 0 Å². The van der Waals surface area contributed by atoms with Crippen molar-refractivity contribution in [3.8, 4) is 0 Å². The van der Waals surface area contributed by atoms with Gasteiger partial charge in [-0.25, -0.2) is 0 Å². The van der Waals surface area contributed by atoms with Gasteiger partial charge in [-0.05, 0) is 50.3 Å². The summed E-state index contributed by atoms with van der Waals surface area (Å²) in [6.07, 6.45) is 2.13. The highest BCUT2D eigenvalue weighted by Gasteiger charge is 2.27. The van der Waals surface area contributed by atoms with E-state index in [-0.39, 0.29) is 24.4 Å². The number of likely N-dealkylation sites (tertiary alicyclic amines) is 1. The molecule has 2 atom stereocenters. The number of nitrogens with two attached hydrogens (primary N) is 1. The smallest absolute Gasteiger partial charge is 0.254 e. The molecule has 1 aliphatic heterocycles. The molecule has 2 rings (SSSR count). The number of aryl methyl sites for hydroxylation is 1. The van der Waals surface area contributed by atoms with Crippen LogP contribution < -0.4 is 5.73 Å². The van der Waals surface area contributed by atoms with E-state index in [0.717, 1.165) is 31.5 Å². The van der Waals surface area contributed by atoms with Crippen molar-refractivity contribution in [1.29, 1.82) is 0 Å². The predicted octanol–water partition coefficient (Wildman–Crippen LogP) is 3.27. The van der Waals surface area contributed by atoms with Crippen LogP contribution in [-0.2, 0) is 0 Å². The van der Waals surface area contributed by atoms with Crippen molar-refractivity contribution in [2.45, 2.75) is 32.7 Å². The van der Waals surface area contributed by atoms with E-state index in [0.29, 0.717) is 16.5 Å². The standard InChI is InChI=1S/C15H21ClN2O.ClH/c1-10-5-6-13(16)8-14(10)15(19)18-7-3-4-12(9-18)11(2)17;/h5-6,8,11-12H,3-4,7,9,17H2,1-2H3;1H. The second-order valence-corrected chi connectivity index (χ2v) is 5.91. The van der Waals surface area contributed by atoms with Gasteiger partial charge in [-0.2, -0.15) is 0 Å². The Hall–Kier alpha value is -0.770. The Kier molecular flexibility index (Phi) is 6.31. The molecule has 0 aromatic heterocycles. The topological polar surface area (TPSA) is 46.3 Å². The molecule has 0 radical (unpaired) electrons. The van der Waals surface area contributed by atoms with Gasteiger partial charge in [-0.1, -0.05) is 17.7 Å². The van der Waals surface area contributed by atoms with Crippen LogP contribution in [0, 0.1) is 12.8 Å². The molecule has 2 unspecified atom stereocenters. The third-order valence-electron chi connectivity index (χ3n) is 3.92. The maximum Gasteiger partial charge on any atom is 0.254 e. The zero-order valence-electron chi connectivity index (χ0n) is 11.9. The van der Waals surface area contributed by atoms with Gasteiger partial charge in [0.2, 0.25) is 0 Å². The summed E-state index contributed by atoms with van der Waals surface area (Å²) in [5, 5.41) is 0.606. The van der Waals surface area contributed by atoms with Crippen LogP contribution in [0.4, 0.5) is 0 Å². The van der Waals surface area contributed by atoms with E-state index in [1.165, 1.54) is 0 Å². The van der Waals surface area contributed by atoms with E-state index < -0.39 is 0 Å². The molecule has 1 amide bonds. The third-order valence-corrected chi connectivity index (χ3v) is 4.15. The van der Waals surface area contributed by atoms with Crippen molar-refractivity contribution in [2.24, 2.45) is 11.7 Å². The second kappa shape index (κ2) is 7.30. The Morgan fingerprint density at radius 2 is 2.20 bits per heavy atom. The minimum Gasteiger partial charge on any atom is -0.338 e. The molecule has 0 spiro atoms. The number of carbonyl (C=O) groups is 1. The number of halogens is 2. The number of carbonyl (C=O) groups excluding carboxylic acids is 1. The average molecular weight is 317 g/mol. The highest BCUT2D eigenvalue weighted by Crippen LogP contribution is 2.23. The first-order chi connectivity index (χ1) is 8.99. The van der Waals surface area contributed by atoms with Crippen molar-refractivity contribution in [2.75, 3.05) is 13.1 Å². The summed E-state index contributed by atoms with van der Waals surface area (Å²) in [7, 11) is 0. The minimum absolute atomic E-state index is 0. The summed E-state index contributed by atoms with van der Waals surface area (Å²) < 4.78 is 0. The molecule has 1 aromatic rings. The number of rotatable bonds is 2. The van der Waals surface area contributed by atoms with E-state index in [1.54, 1.807) is 6.07 Å². The number of benzene rings is 1. The highest BCUT2D eigenvalue weighted by atomic mass is 35.5. The Bertz CT molecular complexity index is 477. The predicted molar refractivity (Wildman–Crippen MR) is 85.7 cm³/mol. The number of amides is 1. The van der Waals surface area contributed by atoms with Crippen LogP contribution >= 0.6 is 24.0 Å². The van der Waals surface area contributed by atoms with Crippen LogP contribution in [0.1, 0.15) is 35.7 Å². The Labute approximate surface area is 131 Å². The molecule has 0 aliphatic carbocycles. The molecular formula is C15H22Cl2N2O. The molecule has 0 bridgehead atoms. The van der Waals surface area contributed by atoms with Gasteiger partial charge in [0.1, 0.15) is 0 Å². The van der Waals surface area contributed by atoms with Gasteiger partial charge in [0, 0.05) is 29.7 Å². The molecule has 3 nitrogen and oxygen atoms in total. The molecule has 112 valence electrons. The molecule has 1 aromatic carbocycles. The van der Waals surface area contributed by atoms with Crippen LogP contribution in [0.2, 0.25) is 5.02 Å². The zero-order valence-corrected chi connectivity index (χ0v) is 13.5. The Morgan fingerprint density at radius 3 is 2.85 bits per heavy atom. The van der Waals surface area contributed by atoms with Gasteiger partial charge in [0.15, 0.2) is 0 Å². The molecule has 2 N–H and O–H groups in total. The summed E-state index contributed by atoms with van der Waals surface area (Å²) in [5.74, 6) is 0.475. The van der Waals surface area contributed by atoms with E-state index in [9.17, 15) is 4.79 Å². The largest absolute Gasteiger partial charge is 0.338 e. The molecule has 5 heteroatoms. The van der Waals surface area contributed by atoms with Gasteiger partial charge < -0.3 is 10.6 Å². The molecule has 0 saturated carbocycles. The molecule has 1 fully saturated rings. The van der Waals surface area contributed by atoms with Crippen LogP contribution in [0.3, 0.4) is 0 Å². The lowest BCUT2D eigenvalue weighted by Gasteiger charge is -2.35. The molecule has 20 heavy (non-hydrogen) atoms. The second-order valence-electron chi connectivity index (χ2n) is 5.47. The molecule has 1 heterocycles. The Morgan fingerprint density at radius 1 is 1.50 bits per heavy atom. The zero-order chi connectivity index (χ0) is 14.0. The maximum atomic E-state index is 12.6. The average Bonchev–Trinajstić information content (AvgIpc) is 2.41. The van der Waals surface area contributed by atoms with E-state index >= 15 is 0 Å². The quantitative estimate of drug-likeness (QED) is 0.910. The first-order valence-corrected chi connectivity index (χ1v) is 7.18. The number of hydrogen-bond acceptors (Lipinski definition) is 2. The van der Waals surface area contributed by atoms with Crippen molar-refractivity contribution in [1.82, 2.24) is 4.90 Å². The lowest BCUT2D eigenvalue weighted by molar-refractivity contribution is 0.0660. The normalized spacial score (nSPS) is 20.2. The molecule has 1 saturated heterocycles. The van der Waals surface area contributed by atoms with Crippen molar-refractivity contribution in [3.63, 3.8) is 0 Å². The molecule has 1 aliphatic rings. The van der Waals surface area contributed by atoms with Crippen molar-refractivity contribution in [3.05, 3.63) is 34.3 Å². The SMILES string of the molecule is Cc1ccc(Cl)cc1C(=O)N1CCCC(C(C)N)C1.Cl. The Balaban J connectivity index is 0.00000200. The lowest BCUT2D eigenvalue weighted by atomic mass is 9.91. The van der Waals surface area contributed by atoms with Gasteiger partial charge in [-0.3, -0.25) is 4.79 Å². The summed E-state index contributed by atoms with van der Waals surface area (Å²) in [6.45, 7) is 5.52. The van der Waals surface area contributed by atoms with E-state index in [1.807, 2.05) is 30.9 Å². The molecular weight excluding hydrogens is 295 g/mol. The summed E-state index contributed by atoms with van der Waals surface area (Å²) in [4.78, 5) is 14.5. The lowest BCUT2D eigenvalue weighted by Crippen LogP contribution is -2.45. The maximum absolute atomic E-state index is 12.6. The fourth-order valence-corrected chi connectivity index (χ4v) is 2.79. The number of nitrogens with zero attached hydrogens (tertiary/aromatic N) is 1. The first-order valence-electron chi connectivity index (χ1n) is 6.80. The number of piperidine rings is 1. The van der Waals surface area contributed by atoms with Crippen LogP contribution in [0.5, 0.6) is 0 Å². The number of hydrogen-bond donors (Lipinski definition) is 1. The van der Waals surface area contributed by atoms with Crippen molar-refractivity contribution < 1.29 is 4.79 Å². The van der Waals surface area contributed by atoms with Gasteiger partial charge >= 0.3 is 0 Å². The highest BCUT2D eigenvalue weighted by molar-refractivity contribution is 6.31. The summed E-state index contributed by atoms with van der Waals surface area (Å²) in [6, 6.07) is 5.60. The van der Waals surface area contributed by atoms with Gasteiger partial charge in [0.25, 0.3) is 5.91 Å². The van der Waals surface area contributed by atoms with E-state index in [2.05, 4.69) is 0 Å². The van der Waals surface area contributed by atoms with Crippen molar-refractivity contribution >= 4 is 29.9 Å². The van der Waals surface area contributed by atoms with Gasteiger partial charge in [-0.15, -0.1) is 12.4 Å². The monoisotopic (exact) mass is 316 g/mol. The first kappa shape index (κ1) is 17.3. The minimum atomic E-state index is 0. The fraction of sp³-hybridized carbons (Fsp3) is 0.533. The van der Waals surface area contributed by atoms with E-state index in [4.69, 9.17) is 17.3 Å².